The maximum absolute atomic E-state index is 12.9. The van der Waals surface area contributed by atoms with Gasteiger partial charge < -0.3 is 4.74 Å². The Labute approximate surface area is 145 Å². The van der Waals surface area contributed by atoms with E-state index >= 15 is 0 Å². The van der Waals surface area contributed by atoms with E-state index in [0.717, 1.165) is 32.1 Å². The molecule has 3 nitrogen and oxygen atoms in total. The average molecular weight is 332 g/mol. The van der Waals surface area contributed by atoms with Crippen molar-refractivity contribution in [3.05, 3.63) is 0 Å². The highest BCUT2D eigenvalue weighted by Crippen LogP contribution is 2.65. The molecule has 0 N–H and O–H groups in total. The van der Waals surface area contributed by atoms with Gasteiger partial charge in [0.1, 0.15) is 11.9 Å². The van der Waals surface area contributed by atoms with E-state index in [0.29, 0.717) is 29.5 Å². The standard InChI is InChI=1S/C21H32O3/c1-13(22)24-19-10-9-16-15-8-7-14-5-4-6-18(23)21(14,3)17(15)11-12-20(16,19)2/h14-17,19H,4-12H2,1-3H3. The van der Waals surface area contributed by atoms with Crippen molar-refractivity contribution in [3.63, 3.8) is 0 Å². The van der Waals surface area contributed by atoms with Gasteiger partial charge in [0, 0.05) is 24.2 Å². The summed E-state index contributed by atoms with van der Waals surface area (Å²) >= 11 is 0. The van der Waals surface area contributed by atoms with E-state index in [1.807, 2.05) is 0 Å². The second-order valence-electron chi connectivity index (χ2n) is 9.47. The number of ketones is 1. The third-order valence-electron chi connectivity index (χ3n) is 8.68. The maximum atomic E-state index is 12.9. The molecule has 0 bridgehead atoms. The fourth-order valence-electron chi connectivity index (χ4n) is 7.43. The van der Waals surface area contributed by atoms with Gasteiger partial charge in [-0.1, -0.05) is 13.8 Å². The van der Waals surface area contributed by atoms with Gasteiger partial charge in [-0.25, -0.2) is 0 Å². The van der Waals surface area contributed by atoms with Crippen LogP contribution < -0.4 is 0 Å². The minimum atomic E-state index is -0.137. The van der Waals surface area contributed by atoms with E-state index in [9.17, 15) is 9.59 Å². The summed E-state index contributed by atoms with van der Waals surface area (Å²) in [6.07, 6.45) is 10.2. The van der Waals surface area contributed by atoms with Crippen molar-refractivity contribution < 1.29 is 14.3 Å². The normalized spacial score (nSPS) is 50.6. The van der Waals surface area contributed by atoms with Gasteiger partial charge in [-0.15, -0.1) is 0 Å². The quantitative estimate of drug-likeness (QED) is 0.663. The molecule has 0 aromatic carbocycles. The third kappa shape index (κ3) is 2.15. The molecule has 4 aliphatic carbocycles. The molecule has 0 aromatic rings. The first-order chi connectivity index (χ1) is 11.4. The molecule has 24 heavy (non-hydrogen) atoms. The Morgan fingerprint density at radius 1 is 1.04 bits per heavy atom. The molecule has 0 radical (unpaired) electrons. The molecule has 0 spiro atoms. The lowest BCUT2D eigenvalue weighted by Gasteiger charge is -2.59. The predicted octanol–water partition coefficient (Wildman–Crippen LogP) is 4.53. The first kappa shape index (κ1) is 16.6. The maximum Gasteiger partial charge on any atom is 0.302 e. The first-order valence-electron chi connectivity index (χ1n) is 10.1. The molecule has 0 aromatic heterocycles. The van der Waals surface area contributed by atoms with E-state index in [4.69, 9.17) is 4.74 Å². The van der Waals surface area contributed by atoms with Crippen molar-refractivity contribution in [1.29, 1.82) is 0 Å². The van der Waals surface area contributed by atoms with Gasteiger partial charge in [0.05, 0.1) is 0 Å². The summed E-state index contributed by atoms with van der Waals surface area (Å²) < 4.78 is 5.71. The van der Waals surface area contributed by atoms with Gasteiger partial charge in [0.25, 0.3) is 0 Å². The molecule has 0 saturated heterocycles. The number of hydrogen-bond donors (Lipinski definition) is 0. The SMILES string of the molecule is CC(=O)OC1CCC2C3CCC4CCCC(=O)C4(C)C3CCC12C. The average Bonchev–Trinajstić information content (AvgIpc) is 2.85. The monoisotopic (exact) mass is 332 g/mol. The number of carbonyl (C=O) groups excluding carboxylic acids is 2. The van der Waals surface area contributed by atoms with Crippen molar-refractivity contribution in [2.75, 3.05) is 0 Å². The van der Waals surface area contributed by atoms with Crippen LogP contribution in [0.25, 0.3) is 0 Å². The Bertz CT molecular complexity index is 555. The molecule has 0 aliphatic heterocycles. The van der Waals surface area contributed by atoms with Crippen LogP contribution in [0, 0.1) is 34.5 Å². The Hall–Kier alpha value is -0.860. The number of Topliss-reactive ketones (excluding diaryl/α,β-unsaturated/α-hetero) is 1. The van der Waals surface area contributed by atoms with Gasteiger partial charge in [-0.3, -0.25) is 9.59 Å². The van der Waals surface area contributed by atoms with Crippen LogP contribution in [-0.2, 0) is 14.3 Å². The highest BCUT2D eigenvalue weighted by atomic mass is 16.5. The highest BCUT2D eigenvalue weighted by Gasteiger charge is 2.62. The lowest BCUT2D eigenvalue weighted by atomic mass is 9.45. The lowest BCUT2D eigenvalue weighted by Crippen LogP contribution is -2.56. The van der Waals surface area contributed by atoms with E-state index in [1.165, 1.54) is 32.6 Å². The number of ether oxygens (including phenoxy) is 1. The zero-order chi connectivity index (χ0) is 17.1. The minimum absolute atomic E-state index is 0.0674. The Balaban J connectivity index is 1.62. The van der Waals surface area contributed by atoms with Gasteiger partial charge in [-0.2, -0.15) is 0 Å². The molecular weight excluding hydrogens is 300 g/mol. The zero-order valence-corrected chi connectivity index (χ0v) is 15.5. The zero-order valence-electron chi connectivity index (χ0n) is 15.5. The minimum Gasteiger partial charge on any atom is -0.462 e. The molecule has 4 saturated carbocycles. The molecule has 0 amide bonds. The number of esters is 1. The highest BCUT2D eigenvalue weighted by molar-refractivity contribution is 5.86. The second kappa shape index (κ2) is 5.57. The van der Waals surface area contributed by atoms with Crippen LogP contribution in [0.4, 0.5) is 0 Å². The van der Waals surface area contributed by atoms with E-state index in [2.05, 4.69) is 13.8 Å². The Morgan fingerprint density at radius 2 is 1.83 bits per heavy atom. The Kier molecular flexibility index (Phi) is 3.85. The van der Waals surface area contributed by atoms with Crippen LogP contribution in [-0.4, -0.2) is 17.9 Å². The van der Waals surface area contributed by atoms with Crippen LogP contribution in [0.3, 0.4) is 0 Å². The molecule has 7 unspecified atom stereocenters. The summed E-state index contributed by atoms with van der Waals surface area (Å²) in [6.45, 7) is 6.19. The molecule has 4 rings (SSSR count). The van der Waals surface area contributed by atoms with Crippen LogP contribution in [0.1, 0.15) is 78.6 Å². The van der Waals surface area contributed by atoms with Crippen LogP contribution in [0.2, 0.25) is 0 Å². The Morgan fingerprint density at radius 3 is 2.58 bits per heavy atom. The smallest absolute Gasteiger partial charge is 0.302 e. The topological polar surface area (TPSA) is 43.4 Å². The summed E-state index contributed by atoms with van der Waals surface area (Å²) in [5.74, 6) is 2.89. The second-order valence-corrected chi connectivity index (χ2v) is 9.47. The predicted molar refractivity (Wildman–Crippen MR) is 92.3 cm³/mol. The number of carbonyl (C=O) groups is 2. The van der Waals surface area contributed by atoms with Gasteiger partial charge >= 0.3 is 5.97 Å². The third-order valence-corrected chi connectivity index (χ3v) is 8.68. The number of hydrogen-bond acceptors (Lipinski definition) is 3. The van der Waals surface area contributed by atoms with E-state index in [1.54, 1.807) is 0 Å². The van der Waals surface area contributed by atoms with Gasteiger partial charge in [0.15, 0.2) is 0 Å². The van der Waals surface area contributed by atoms with Crippen molar-refractivity contribution >= 4 is 11.8 Å². The van der Waals surface area contributed by atoms with E-state index in [-0.39, 0.29) is 22.9 Å². The van der Waals surface area contributed by atoms with Gasteiger partial charge in [0.2, 0.25) is 0 Å². The fourth-order valence-corrected chi connectivity index (χ4v) is 7.43. The largest absolute Gasteiger partial charge is 0.462 e. The molecule has 4 aliphatic rings. The van der Waals surface area contributed by atoms with Crippen molar-refractivity contribution in [1.82, 2.24) is 0 Å². The fraction of sp³-hybridized carbons (Fsp3) is 0.905. The van der Waals surface area contributed by atoms with Crippen LogP contribution in [0.15, 0.2) is 0 Å². The van der Waals surface area contributed by atoms with Crippen LogP contribution in [0.5, 0.6) is 0 Å². The van der Waals surface area contributed by atoms with E-state index < -0.39 is 0 Å². The number of fused-ring (bicyclic) bond motifs is 5. The lowest BCUT2D eigenvalue weighted by molar-refractivity contribution is -0.165. The molecule has 4 fully saturated rings. The van der Waals surface area contributed by atoms with Crippen molar-refractivity contribution in [2.24, 2.45) is 34.5 Å². The summed E-state index contributed by atoms with van der Waals surface area (Å²) in [4.78, 5) is 24.4. The summed E-state index contributed by atoms with van der Waals surface area (Å²) in [7, 11) is 0. The summed E-state index contributed by atoms with van der Waals surface area (Å²) in [5.41, 5.74) is 0.0652. The van der Waals surface area contributed by atoms with Crippen molar-refractivity contribution in [3.8, 4) is 0 Å². The molecular formula is C21H32O3. The van der Waals surface area contributed by atoms with Crippen LogP contribution >= 0.6 is 0 Å². The molecule has 3 heteroatoms. The summed E-state index contributed by atoms with van der Waals surface area (Å²) in [6, 6.07) is 0. The first-order valence-corrected chi connectivity index (χ1v) is 10.1. The molecule has 7 atom stereocenters. The molecule has 134 valence electrons. The van der Waals surface area contributed by atoms with Crippen molar-refractivity contribution in [2.45, 2.75) is 84.7 Å². The number of rotatable bonds is 1. The summed E-state index contributed by atoms with van der Waals surface area (Å²) in [5, 5.41) is 0. The molecule has 0 heterocycles. The van der Waals surface area contributed by atoms with Gasteiger partial charge in [-0.05, 0) is 75.0 Å².